The normalized spacial score (nSPS) is 9.93. The van der Waals surface area contributed by atoms with Crippen molar-refractivity contribution in [2.45, 2.75) is 26.2 Å². The molecule has 0 radical (unpaired) electrons. The largest absolute Gasteiger partial charge is 0.482 e. The quantitative estimate of drug-likeness (QED) is 0.703. The molecule has 1 N–H and O–H groups in total. The molecule has 0 atom stereocenters. The topological polar surface area (TPSA) is 66.8 Å². The van der Waals surface area contributed by atoms with Crippen LogP contribution in [0, 0.1) is 17.7 Å². The summed E-state index contributed by atoms with van der Waals surface area (Å²) in [5, 5.41) is 8.61. The number of anilines is 1. The molecule has 0 saturated carbocycles. The summed E-state index contributed by atoms with van der Waals surface area (Å²) in [6.07, 6.45) is 2.10. The highest BCUT2D eigenvalue weighted by Crippen LogP contribution is 2.17. The van der Waals surface area contributed by atoms with Crippen molar-refractivity contribution in [3.63, 3.8) is 0 Å². The Hall–Kier alpha value is -3.33. The van der Waals surface area contributed by atoms with Gasteiger partial charge in [-0.25, -0.2) is 9.18 Å². The van der Waals surface area contributed by atoms with Gasteiger partial charge in [-0.15, -0.1) is 0 Å². The molecule has 146 valence electrons. The van der Waals surface area contributed by atoms with Gasteiger partial charge in [0, 0.05) is 17.7 Å². The Morgan fingerprint density at radius 3 is 2.39 bits per heavy atom. The number of benzene rings is 2. The number of carbonyl (C=O) groups is 2. The predicted molar refractivity (Wildman–Crippen MR) is 105 cm³/mol. The molecular weight excluding hydrogens is 361 g/mol. The van der Waals surface area contributed by atoms with Gasteiger partial charge in [0.1, 0.15) is 11.6 Å². The van der Waals surface area contributed by atoms with Crippen LogP contribution in [0.3, 0.4) is 0 Å². The average molecular weight is 383 g/mol. The van der Waals surface area contributed by atoms with E-state index in [9.17, 15) is 14.0 Å². The van der Waals surface area contributed by atoms with E-state index in [2.05, 4.69) is 11.8 Å². The number of carboxylic acid groups (broad SMARTS) is 1. The smallest absolute Gasteiger partial charge is 0.341 e. The second-order valence-corrected chi connectivity index (χ2v) is 6.07. The van der Waals surface area contributed by atoms with Crippen LogP contribution >= 0.6 is 0 Å². The Balaban J connectivity index is 2.07. The van der Waals surface area contributed by atoms with Crippen LogP contribution in [0.2, 0.25) is 0 Å². The Kier molecular flexibility index (Phi) is 8.04. The van der Waals surface area contributed by atoms with Crippen molar-refractivity contribution < 1.29 is 23.8 Å². The fourth-order valence-corrected chi connectivity index (χ4v) is 2.41. The number of hydrogen-bond donors (Lipinski definition) is 1. The highest BCUT2D eigenvalue weighted by Gasteiger charge is 2.14. The third-order valence-corrected chi connectivity index (χ3v) is 3.87. The Labute approximate surface area is 163 Å². The van der Waals surface area contributed by atoms with Gasteiger partial charge in [0.05, 0.1) is 6.54 Å². The first kappa shape index (κ1) is 21.0. The first-order valence-electron chi connectivity index (χ1n) is 8.99. The minimum atomic E-state index is -1.04. The molecule has 0 aromatic heterocycles. The lowest BCUT2D eigenvalue weighted by Crippen LogP contribution is -2.31. The second kappa shape index (κ2) is 10.7. The Morgan fingerprint density at radius 1 is 1.11 bits per heavy atom. The summed E-state index contributed by atoms with van der Waals surface area (Å²) >= 11 is 0. The van der Waals surface area contributed by atoms with Crippen LogP contribution in [0.25, 0.3) is 0 Å². The van der Waals surface area contributed by atoms with Gasteiger partial charge in [-0.1, -0.05) is 25.2 Å². The molecule has 0 fully saturated rings. The SMILES string of the molecule is CCCCC(=O)N(CC#Cc1ccc(OCC(=O)O)cc1)c1ccc(F)cc1. The summed E-state index contributed by atoms with van der Waals surface area (Å²) in [5.74, 6) is 4.92. The summed E-state index contributed by atoms with van der Waals surface area (Å²) in [7, 11) is 0. The Morgan fingerprint density at radius 2 is 1.79 bits per heavy atom. The van der Waals surface area contributed by atoms with E-state index in [1.807, 2.05) is 6.92 Å². The molecule has 2 aromatic rings. The number of carbonyl (C=O) groups excluding carboxylic acids is 1. The summed E-state index contributed by atoms with van der Waals surface area (Å²) < 4.78 is 18.3. The van der Waals surface area contributed by atoms with E-state index in [-0.39, 0.29) is 18.3 Å². The highest BCUT2D eigenvalue weighted by molar-refractivity contribution is 5.93. The van der Waals surface area contributed by atoms with Crippen LogP contribution in [-0.2, 0) is 9.59 Å². The van der Waals surface area contributed by atoms with Gasteiger partial charge in [0.15, 0.2) is 6.61 Å². The second-order valence-electron chi connectivity index (χ2n) is 6.07. The van der Waals surface area contributed by atoms with E-state index < -0.39 is 12.6 Å². The van der Waals surface area contributed by atoms with Crippen LogP contribution in [0.5, 0.6) is 5.75 Å². The molecule has 1 amide bonds. The number of hydrogen-bond acceptors (Lipinski definition) is 3. The summed E-state index contributed by atoms with van der Waals surface area (Å²) in [6.45, 7) is 1.79. The first-order valence-corrected chi connectivity index (χ1v) is 8.99. The van der Waals surface area contributed by atoms with Crippen LogP contribution in [0.4, 0.5) is 10.1 Å². The predicted octanol–water partition coefficient (Wildman–Crippen LogP) is 3.86. The monoisotopic (exact) mass is 383 g/mol. The molecule has 6 heteroatoms. The van der Waals surface area contributed by atoms with E-state index in [1.165, 1.54) is 12.1 Å². The summed E-state index contributed by atoms with van der Waals surface area (Å²) in [6, 6.07) is 12.5. The maximum absolute atomic E-state index is 13.2. The van der Waals surface area contributed by atoms with Crippen molar-refractivity contribution >= 4 is 17.6 Å². The van der Waals surface area contributed by atoms with Gasteiger partial charge >= 0.3 is 5.97 Å². The average Bonchev–Trinajstić information content (AvgIpc) is 2.69. The lowest BCUT2D eigenvalue weighted by Gasteiger charge is -2.20. The van der Waals surface area contributed by atoms with Gasteiger partial charge in [0.25, 0.3) is 0 Å². The molecule has 0 heterocycles. The van der Waals surface area contributed by atoms with Gasteiger partial charge in [0.2, 0.25) is 5.91 Å². The molecule has 2 rings (SSSR count). The van der Waals surface area contributed by atoms with Crippen LogP contribution in [0.15, 0.2) is 48.5 Å². The third kappa shape index (κ3) is 6.76. The lowest BCUT2D eigenvalue weighted by atomic mass is 10.2. The number of aliphatic carboxylic acids is 1. The van der Waals surface area contributed by atoms with E-state index in [0.29, 0.717) is 23.4 Å². The van der Waals surface area contributed by atoms with Crippen LogP contribution in [0.1, 0.15) is 31.7 Å². The van der Waals surface area contributed by atoms with Gasteiger partial charge < -0.3 is 14.7 Å². The molecule has 0 aliphatic carbocycles. The zero-order valence-electron chi connectivity index (χ0n) is 15.7. The molecule has 0 spiro atoms. The number of ether oxygens (including phenoxy) is 1. The molecule has 28 heavy (non-hydrogen) atoms. The van der Waals surface area contributed by atoms with Crippen molar-refractivity contribution in [1.82, 2.24) is 0 Å². The number of unbranched alkanes of at least 4 members (excludes halogenated alkanes) is 1. The molecule has 0 aliphatic rings. The number of rotatable bonds is 8. The zero-order valence-corrected chi connectivity index (χ0v) is 15.7. The van der Waals surface area contributed by atoms with Gasteiger partial charge in [-0.05, 0) is 55.0 Å². The van der Waals surface area contributed by atoms with Crippen molar-refractivity contribution in [3.05, 3.63) is 59.9 Å². The standard InChI is InChI=1S/C22H22FNO4/c1-2-3-6-21(25)24(19-11-9-18(23)10-12-19)15-4-5-17-7-13-20(14-8-17)28-16-22(26)27/h7-14H,2-3,6,15-16H2,1H3,(H,26,27). The van der Waals surface area contributed by atoms with Gasteiger partial charge in [-0.3, -0.25) is 4.79 Å². The number of nitrogens with zero attached hydrogens (tertiary/aromatic N) is 1. The van der Waals surface area contributed by atoms with E-state index in [4.69, 9.17) is 9.84 Å². The van der Waals surface area contributed by atoms with Crippen molar-refractivity contribution in [3.8, 4) is 17.6 Å². The molecule has 0 unspecified atom stereocenters. The van der Waals surface area contributed by atoms with Crippen molar-refractivity contribution in [2.75, 3.05) is 18.1 Å². The van der Waals surface area contributed by atoms with Crippen LogP contribution < -0.4 is 9.64 Å². The van der Waals surface area contributed by atoms with Crippen molar-refractivity contribution in [2.24, 2.45) is 0 Å². The molecule has 0 bridgehead atoms. The third-order valence-electron chi connectivity index (χ3n) is 3.87. The zero-order chi connectivity index (χ0) is 20.4. The minimum absolute atomic E-state index is 0.0554. The van der Waals surface area contributed by atoms with Crippen LogP contribution in [-0.4, -0.2) is 30.1 Å². The number of halogens is 1. The fraction of sp³-hybridized carbons (Fsp3) is 0.273. The number of amides is 1. The summed E-state index contributed by atoms with van der Waals surface area (Å²) in [5.41, 5.74) is 1.32. The molecule has 0 saturated heterocycles. The molecular formula is C22H22FNO4. The van der Waals surface area contributed by atoms with E-state index >= 15 is 0 Å². The highest BCUT2D eigenvalue weighted by atomic mass is 19.1. The molecule has 0 aliphatic heterocycles. The first-order chi connectivity index (χ1) is 13.5. The number of carboxylic acids is 1. The van der Waals surface area contributed by atoms with E-state index in [0.717, 1.165) is 12.8 Å². The van der Waals surface area contributed by atoms with Crippen molar-refractivity contribution in [1.29, 1.82) is 0 Å². The van der Waals surface area contributed by atoms with E-state index in [1.54, 1.807) is 41.3 Å². The summed E-state index contributed by atoms with van der Waals surface area (Å²) in [4.78, 5) is 24.6. The minimum Gasteiger partial charge on any atom is -0.482 e. The van der Waals surface area contributed by atoms with Gasteiger partial charge in [-0.2, -0.15) is 0 Å². The Bertz CT molecular complexity index is 851. The maximum atomic E-state index is 13.2. The maximum Gasteiger partial charge on any atom is 0.341 e. The molecule has 5 nitrogen and oxygen atoms in total. The fourth-order valence-electron chi connectivity index (χ4n) is 2.41. The lowest BCUT2D eigenvalue weighted by molar-refractivity contribution is -0.139. The molecule has 2 aromatic carbocycles.